The minimum atomic E-state index is -0.209. The van der Waals surface area contributed by atoms with Crippen LogP contribution in [0.25, 0.3) is 22.4 Å². The molecule has 0 unspecified atom stereocenters. The van der Waals surface area contributed by atoms with Crippen LogP contribution >= 0.6 is 0 Å². The average molecular weight is 329 g/mol. The number of furan rings is 1. The van der Waals surface area contributed by atoms with Gasteiger partial charge in [0.1, 0.15) is 5.69 Å². The molecule has 5 heteroatoms. The van der Waals surface area contributed by atoms with Crippen molar-refractivity contribution in [2.75, 3.05) is 5.32 Å². The van der Waals surface area contributed by atoms with Crippen LogP contribution < -0.4 is 5.32 Å². The lowest BCUT2D eigenvalue weighted by atomic mass is 10.0. The van der Waals surface area contributed by atoms with Gasteiger partial charge in [0.15, 0.2) is 5.76 Å². The van der Waals surface area contributed by atoms with Gasteiger partial charge in [-0.05, 0) is 49.4 Å². The summed E-state index contributed by atoms with van der Waals surface area (Å²) in [5.74, 6) is 0.414. The molecule has 3 heterocycles. The van der Waals surface area contributed by atoms with Gasteiger partial charge in [-0.2, -0.15) is 0 Å². The van der Waals surface area contributed by atoms with Crippen molar-refractivity contribution in [3.63, 3.8) is 0 Å². The number of hydrogen-bond donors (Lipinski definition) is 1. The van der Waals surface area contributed by atoms with Crippen LogP contribution in [0.4, 0.5) is 5.69 Å². The van der Waals surface area contributed by atoms with Crippen molar-refractivity contribution in [2.24, 2.45) is 0 Å². The molecule has 0 aliphatic carbocycles. The van der Waals surface area contributed by atoms with Crippen LogP contribution in [0.3, 0.4) is 0 Å². The second kappa shape index (κ2) is 6.20. The molecule has 1 amide bonds. The van der Waals surface area contributed by atoms with Gasteiger partial charge in [0.25, 0.3) is 5.91 Å². The van der Waals surface area contributed by atoms with Crippen molar-refractivity contribution in [1.29, 1.82) is 0 Å². The van der Waals surface area contributed by atoms with E-state index in [0.717, 1.165) is 16.5 Å². The van der Waals surface area contributed by atoms with Gasteiger partial charge in [-0.1, -0.05) is 11.6 Å². The number of nitrogens with zero attached hydrogens (tertiary/aromatic N) is 2. The Labute approximate surface area is 144 Å². The van der Waals surface area contributed by atoms with E-state index in [2.05, 4.69) is 15.3 Å². The van der Waals surface area contributed by atoms with E-state index in [0.29, 0.717) is 22.7 Å². The van der Waals surface area contributed by atoms with Crippen LogP contribution in [0.15, 0.2) is 71.6 Å². The zero-order chi connectivity index (χ0) is 17.2. The van der Waals surface area contributed by atoms with E-state index in [9.17, 15) is 4.79 Å². The molecule has 4 aromatic rings. The molecule has 0 saturated heterocycles. The van der Waals surface area contributed by atoms with Crippen molar-refractivity contribution in [3.8, 4) is 11.5 Å². The lowest BCUT2D eigenvalue weighted by Gasteiger charge is -2.10. The summed E-state index contributed by atoms with van der Waals surface area (Å²) in [5.41, 5.74) is 3.62. The van der Waals surface area contributed by atoms with Crippen LogP contribution in [0.2, 0.25) is 0 Å². The summed E-state index contributed by atoms with van der Waals surface area (Å²) < 4.78 is 5.44. The number of amides is 1. The summed E-state index contributed by atoms with van der Waals surface area (Å²) in [7, 11) is 0. The van der Waals surface area contributed by atoms with Crippen LogP contribution in [0.5, 0.6) is 0 Å². The summed E-state index contributed by atoms with van der Waals surface area (Å²) in [6.45, 7) is 1.99. The second-order valence-corrected chi connectivity index (χ2v) is 5.75. The third-order valence-corrected chi connectivity index (χ3v) is 3.90. The van der Waals surface area contributed by atoms with Crippen molar-refractivity contribution in [2.45, 2.75) is 6.92 Å². The van der Waals surface area contributed by atoms with E-state index in [1.165, 1.54) is 0 Å². The highest BCUT2D eigenvalue weighted by atomic mass is 16.3. The van der Waals surface area contributed by atoms with Gasteiger partial charge in [0.2, 0.25) is 0 Å². The van der Waals surface area contributed by atoms with E-state index in [1.807, 2.05) is 31.2 Å². The first-order chi connectivity index (χ1) is 12.2. The topological polar surface area (TPSA) is 68.0 Å². The molecule has 0 fully saturated rings. The van der Waals surface area contributed by atoms with E-state index in [4.69, 9.17) is 4.42 Å². The van der Waals surface area contributed by atoms with Crippen molar-refractivity contribution in [3.05, 3.63) is 78.3 Å². The number of nitrogens with one attached hydrogen (secondary N) is 1. The Hall–Kier alpha value is -3.47. The fourth-order valence-electron chi connectivity index (χ4n) is 2.71. The molecule has 4 rings (SSSR count). The van der Waals surface area contributed by atoms with Gasteiger partial charge in [0, 0.05) is 11.6 Å². The maximum absolute atomic E-state index is 12.9. The fourth-order valence-corrected chi connectivity index (χ4v) is 2.71. The third kappa shape index (κ3) is 2.99. The molecule has 0 bridgehead atoms. The molecular formula is C20H15N3O2. The largest absolute Gasteiger partial charge is 0.463 e. The van der Waals surface area contributed by atoms with E-state index in [1.54, 1.807) is 42.9 Å². The molecule has 0 aliphatic heterocycles. The summed E-state index contributed by atoms with van der Waals surface area (Å²) in [6.07, 6.45) is 4.86. The molecule has 5 nitrogen and oxygen atoms in total. The molecule has 0 radical (unpaired) electrons. The lowest BCUT2D eigenvalue weighted by molar-refractivity contribution is 0.102. The molecule has 0 aliphatic rings. The molecule has 0 spiro atoms. The van der Waals surface area contributed by atoms with E-state index < -0.39 is 0 Å². The Morgan fingerprint density at radius 1 is 1.12 bits per heavy atom. The standard InChI is InChI=1S/C20H15N3O2/c1-13-6-7-17-15(10-13)16(11-18(23-17)19-5-3-9-25-19)20(24)22-14-4-2-8-21-12-14/h2-12H,1H3,(H,22,24). The van der Waals surface area contributed by atoms with Crippen LogP contribution in [-0.4, -0.2) is 15.9 Å². The van der Waals surface area contributed by atoms with Gasteiger partial charge in [-0.25, -0.2) is 4.98 Å². The van der Waals surface area contributed by atoms with E-state index in [-0.39, 0.29) is 5.91 Å². The molecular weight excluding hydrogens is 314 g/mol. The molecule has 25 heavy (non-hydrogen) atoms. The van der Waals surface area contributed by atoms with Gasteiger partial charge in [0.05, 0.1) is 29.2 Å². The third-order valence-electron chi connectivity index (χ3n) is 3.90. The Morgan fingerprint density at radius 2 is 2.04 bits per heavy atom. The molecule has 1 N–H and O–H groups in total. The van der Waals surface area contributed by atoms with E-state index >= 15 is 0 Å². The number of benzene rings is 1. The lowest BCUT2D eigenvalue weighted by Crippen LogP contribution is -2.13. The zero-order valence-corrected chi connectivity index (χ0v) is 13.6. The van der Waals surface area contributed by atoms with Gasteiger partial charge in [-0.15, -0.1) is 0 Å². The predicted octanol–water partition coefficient (Wildman–Crippen LogP) is 4.45. The molecule has 0 atom stereocenters. The maximum atomic E-state index is 12.9. The van der Waals surface area contributed by atoms with Gasteiger partial charge < -0.3 is 9.73 Å². The number of aromatic nitrogens is 2. The number of aryl methyl sites for hydroxylation is 1. The SMILES string of the molecule is Cc1ccc2nc(-c3ccco3)cc(C(=O)Nc3cccnc3)c2c1. The number of hydrogen-bond acceptors (Lipinski definition) is 4. The quantitative estimate of drug-likeness (QED) is 0.603. The summed E-state index contributed by atoms with van der Waals surface area (Å²) in [5, 5.41) is 3.68. The van der Waals surface area contributed by atoms with Crippen LogP contribution in [0.1, 0.15) is 15.9 Å². The normalized spacial score (nSPS) is 10.8. The number of rotatable bonds is 3. The van der Waals surface area contributed by atoms with Crippen LogP contribution in [-0.2, 0) is 0 Å². The Bertz CT molecular complexity index is 1040. The number of carbonyl (C=O) groups excluding carboxylic acids is 1. The van der Waals surface area contributed by atoms with Crippen molar-refractivity contribution < 1.29 is 9.21 Å². The number of fused-ring (bicyclic) bond motifs is 1. The summed E-state index contributed by atoms with van der Waals surface area (Å²) >= 11 is 0. The van der Waals surface area contributed by atoms with Crippen LogP contribution in [0, 0.1) is 6.92 Å². The highest BCUT2D eigenvalue weighted by Crippen LogP contribution is 2.26. The highest BCUT2D eigenvalue weighted by molar-refractivity contribution is 6.13. The van der Waals surface area contributed by atoms with Crippen molar-refractivity contribution in [1.82, 2.24) is 9.97 Å². The Morgan fingerprint density at radius 3 is 2.80 bits per heavy atom. The minimum absolute atomic E-state index is 0.209. The number of carbonyl (C=O) groups is 1. The first-order valence-electron chi connectivity index (χ1n) is 7.87. The Kier molecular flexibility index (Phi) is 3.74. The highest BCUT2D eigenvalue weighted by Gasteiger charge is 2.15. The molecule has 0 saturated carbocycles. The summed E-state index contributed by atoms with van der Waals surface area (Å²) in [4.78, 5) is 21.5. The predicted molar refractivity (Wildman–Crippen MR) is 96.4 cm³/mol. The number of pyridine rings is 2. The number of anilines is 1. The monoisotopic (exact) mass is 329 g/mol. The molecule has 1 aromatic carbocycles. The first-order valence-corrected chi connectivity index (χ1v) is 7.87. The maximum Gasteiger partial charge on any atom is 0.256 e. The Balaban J connectivity index is 1.85. The fraction of sp³-hybridized carbons (Fsp3) is 0.0500. The van der Waals surface area contributed by atoms with Gasteiger partial charge in [-0.3, -0.25) is 9.78 Å². The summed E-state index contributed by atoms with van der Waals surface area (Å²) in [6, 6.07) is 14.8. The van der Waals surface area contributed by atoms with Gasteiger partial charge >= 0.3 is 0 Å². The molecule has 122 valence electrons. The van der Waals surface area contributed by atoms with Crippen molar-refractivity contribution >= 4 is 22.5 Å². The average Bonchev–Trinajstić information content (AvgIpc) is 3.16. The minimum Gasteiger partial charge on any atom is -0.463 e. The smallest absolute Gasteiger partial charge is 0.256 e. The first kappa shape index (κ1) is 15.1. The second-order valence-electron chi connectivity index (χ2n) is 5.75. The zero-order valence-electron chi connectivity index (χ0n) is 13.6. The molecule has 3 aromatic heterocycles.